The Balaban J connectivity index is 2.06. The van der Waals surface area contributed by atoms with E-state index in [-0.39, 0.29) is 11.9 Å². The number of carbonyl (C=O) groups excluding carboxylic acids is 1. The number of benzene rings is 1. The molecule has 1 saturated heterocycles. The number of carbonyl (C=O) groups is 1. The van der Waals surface area contributed by atoms with E-state index < -0.39 is 0 Å². The SMILES string of the molecule is Cc1cc(C(=O)N2CCCC(N)C2)c2cc(Br)ccc2n1. The van der Waals surface area contributed by atoms with Gasteiger partial charge in [0.2, 0.25) is 0 Å². The maximum Gasteiger partial charge on any atom is 0.254 e. The van der Waals surface area contributed by atoms with Gasteiger partial charge in [-0.2, -0.15) is 0 Å². The quantitative estimate of drug-likeness (QED) is 0.862. The van der Waals surface area contributed by atoms with Crippen molar-refractivity contribution >= 4 is 32.7 Å². The maximum absolute atomic E-state index is 12.9. The van der Waals surface area contributed by atoms with E-state index in [1.807, 2.05) is 36.1 Å². The zero-order valence-electron chi connectivity index (χ0n) is 12.0. The molecule has 1 unspecified atom stereocenters. The number of piperidine rings is 1. The summed E-state index contributed by atoms with van der Waals surface area (Å²) < 4.78 is 0.949. The van der Waals surface area contributed by atoms with Gasteiger partial charge in [-0.05, 0) is 44.0 Å². The molecule has 0 saturated carbocycles. The number of amides is 1. The molecule has 0 spiro atoms. The van der Waals surface area contributed by atoms with Crippen molar-refractivity contribution in [1.82, 2.24) is 9.88 Å². The molecule has 1 aromatic heterocycles. The minimum Gasteiger partial charge on any atom is -0.337 e. The van der Waals surface area contributed by atoms with Crippen molar-refractivity contribution < 1.29 is 4.79 Å². The summed E-state index contributed by atoms with van der Waals surface area (Å²) in [7, 11) is 0. The third kappa shape index (κ3) is 2.94. The summed E-state index contributed by atoms with van der Waals surface area (Å²) >= 11 is 3.47. The van der Waals surface area contributed by atoms with Gasteiger partial charge in [0, 0.05) is 34.7 Å². The van der Waals surface area contributed by atoms with Crippen molar-refractivity contribution in [1.29, 1.82) is 0 Å². The van der Waals surface area contributed by atoms with E-state index in [1.54, 1.807) is 0 Å². The molecule has 4 nitrogen and oxygen atoms in total. The summed E-state index contributed by atoms with van der Waals surface area (Å²) in [5.41, 5.74) is 8.42. The van der Waals surface area contributed by atoms with E-state index in [2.05, 4.69) is 20.9 Å². The van der Waals surface area contributed by atoms with E-state index >= 15 is 0 Å². The van der Waals surface area contributed by atoms with Crippen molar-refractivity contribution in [2.24, 2.45) is 5.73 Å². The van der Waals surface area contributed by atoms with Gasteiger partial charge in [0.15, 0.2) is 0 Å². The van der Waals surface area contributed by atoms with E-state index in [0.29, 0.717) is 12.1 Å². The van der Waals surface area contributed by atoms with Crippen LogP contribution in [-0.4, -0.2) is 34.9 Å². The molecule has 1 fully saturated rings. The monoisotopic (exact) mass is 347 g/mol. The third-order valence-electron chi connectivity index (χ3n) is 3.87. The summed E-state index contributed by atoms with van der Waals surface area (Å²) in [6.07, 6.45) is 1.96. The number of halogens is 1. The van der Waals surface area contributed by atoms with Crippen molar-refractivity contribution in [2.45, 2.75) is 25.8 Å². The van der Waals surface area contributed by atoms with Crippen molar-refractivity contribution in [2.75, 3.05) is 13.1 Å². The van der Waals surface area contributed by atoms with Crippen LogP contribution >= 0.6 is 15.9 Å². The van der Waals surface area contributed by atoms with E-state index in [0.717, 1.165) is 40.5 Å². The van der Waals surface area contributed by atoms with Gasteiger partial charge in [-0.1, -0.05) is 15.9 Å². The summed E-state index contributed by atoms with van der Waals surface area (Å²) in [6.45, 7) is 3.33. The fourth-order valence-corrected chi connectivity index (χ4v) is 3.23. The Morgan fingerprint density at radius 2 is 2.24 bits per heavy atom. The number of aromatic nitrogens is 1. The van der Waals surface area contributed by atoms with Gasteiger partial charge in [-0.15, -0.1) is 0 Å². The molecule has 0 aliphatic carbocycles. The molecule has 0 bridgehead atoms. The van der Waals surface area contributed by atoms with Crippen LogP contribution in [0.5, 0.6) is 0 Å². The lowest BCUT2D eigenvalue weighted by Crippen LogP contribution is -2.45. The Hall–Kier alpha value is -1.46. The molecule has 2 N–H and O–H groups in total. The first-order valence-corrected chi connectivity index (χ1v) is 7.95. The normalized spacial score (nSPS) is 19.0. The lowest BCUT2D eigenvalue weighted by atomic mass is 10.0. The predicted octanol–water partition coefficient (Wildman–Crippen LogP) is 2.87. The number of pyridine rings is 1. The molecule has 21 heavy (non-hydrogen) atoms. The topological polar surface area (TPSA) is 59.2 Å². The Morgan fingerprint density at radius 3 is 3.00 bits per heavy atom. The predicted molar refractivity (Wildman–Crippen MR) is 87.3 cm³/mol. The lowest BCUT2D eigenvalue weighted by Gasteiger charge is -2.31. The fourth-order valence-electron chi connectivity index (χ4n) is 2.87. The standard InChI is InChI=1S/C16H18BrN3O/c1-10-7-14(13-8-11(17)4-5-15(13)19-10)16(21)20-6-2-3-12(18)9-20/h4-5,7-8,12H,2-3,6,9,18H2,1H3. The molecule has 1 aliphatic heterocycles. The maximum atomic E-state index is 12.9. The molecule has 1 aromatic carbocycles. The number of rotatable bonds is 1. The number of aryl methyl sites for hydroxylation is 1. The van der Waals surface area contributed by atoms with Crippen LogP contribution in [0.15, 0.2) is 28.7 Å². The van der Waals surface area contributed by atoms with Gasteiger partial charge in [-0.25, -0.2) is 0 Å². The second-order valence-corrected chi connectivity index (χ2v) is 6.54. The highest BCUT2D eigenvalue weighted by Gasteiger charge is 2.24. The Labute approximate surface area is 132 Å². The third-order valence-corrected chi connectivity index (χ3v) is 4.37. The van der Waals surface area contributed by atoms with Crippen LogP contribution in [0.3, 0.4) is 0 Å². The molecular weight excluding hydrogens is 330 g/mol. The molecule has 2 aromatic rings. The van der Waals surface area contributed by atoms with Crippen LogP contribution in [0.25, 0.3) is 10.9 Å². The van der Waals surface area contributed by atoms with E-state index in [9.17, 15) is 4.79 Å². The van der Waals surface area contributed by atoms with Crippen LogP contribution < -0.4 is 5.73 Å². The van der Waals surface area contributed by atoms with Crippen LogP contribution in [0.2, 0.25) is 0 Å². The number of likely N-dealkylation sites (tertiary alicyclic amines) is 1. The Kier molecular flexibility index (Phi) is 3.95. The van der Waals surface area contributed by atoms with E-state index in [4.69, 9.17) is 5.73 Å². The summed E-state index contributed by atoms with van der Waals surface area (Å²) in [6, 6.07) is 7.80. The molecule has 1 aliphatic rings. The van der Waals surface area contributed by atoms with Crippen molar-refractivity contribution in [3.05, 3.63) is 40.0 Å². The number of hydrogen-bond acceptors (Lipinski definition) is 3. The molecule has 1 atom stereocenters. The number of fused-ring (bicyclic) bond motifs is 1. The van der Waals surface area contributed by atoms with Crippen molar-refractivity contribution in [3.63, 3.8) is 0 Å². The molecule has 5 heteroatoms. The number of hydrogen-bond donors (Lipinski definition) is 1. The number of nitrogens with zero attached hydrogens (tertiary/aromatic N) is 2. The molecule has 1 amide bonds. The highest BCUT2D eigenvalue weighted by atomic mass is 79.9. The number of nitrogens with two attached hydrogens (primary N) is 1. The molecule has 2 heterocycles. The second kappa shape index (κ2) is 5.73. The van der Waals surface area contributed by atoms with Crippen LogP contribution in [0, 0.1) is 6.92 Å². The largest absolute Gasteiger partial charge is 0.337 e. The van der Waals surface area contributed by atoms with Gasteiger partial charge >= 0.3 is 0 Å². The van der Waals surface area contributed by atoms with Crippen molar-refractivity contribution in [3.8, 4) is 0 Å². The second-order valence-electron chi connectivity index (χ2n) is 5.63. The van der Waals surface area contributed by atoms with Crippen LogP contribution in [0.1, 0.15) is 28.9 Å². The Bertz CT molecular complexity index is 701. The highest BCUT2D eigenvalue weighted by Crippen LogP contribution is 2.24. The van der Waals surface area contributed by atoms with E-state index in [1.165, 1.54) is 0 Å². The zero-order chi connectivity index (χ0) is 15.0. The minimum atomic E-state index is 0.0544. The molecule has 110 valence electrons. The molecule has 3 rings (SSSR count). The average molecular weight is 348 g/mol. The summed E-state index contributed by atoms with van der Waals surface area (Å²) in [5, 5.41) is 0.888. The smallest absolute Gasteiger partial charge is 0.254 e. The van der Waals surface area contributed by atoms with Gasteiger partial charge in [0.25, 0.3) is 5.91 Å². The van der Waals surface area contributed by atoms with Gasteiger partial charge in [-0.3, -0.25) is 9.78 Å². The lowest BCUT2D eigenvalue weighted by molar-refractivity contribution is 0.0710. The van der Waals surface area contributed by atoms with Crippen LogP contribution in [0.4, 0.5) is 0 Å². The first-order chi connectivity index (χ1) is 10.0. The summed E-state index contributed by atoms with van der Waals surface area (Å²) in [4.78, 5) is 19.2. The average Bonchev–Trinajstić information content (AvgIpc) is 2.46. The first kappa shape index (κ1) is 14.5. The van der Waals surface area contributed by atoms with Gasteiger partial charge in [0.05, 0.1) is 11.1 Å². The summed E-state index contributed by atoms with van der Waals surface area (Å²) in [5.74, 6) is 0.0544. The first-order valence-electron chi connectivity index (χ1n) is 7.16. The van der Waals surface area contributed by atoms with Gasteiger partial charge < -0.3 is 10.6 Å². The highest BCUT2D eigenvalue weighted by molar-refractivity contribution is 9.10. The molecule has 0 radical (unpaired) electrons. The van der Waals surface area contributed by atoms with Crippen LogP contribution in [-0.2, 0) is 0 Å². The zero-order valence-corrected chi connectivity index (χ0v) is 13.6. The Morgan fingerprint density at radius 1 is 1.43 bits per heavy atom. The fraction of sp³-hybridized carbons (Fsp3) is 0.375. The van der Waals surface area contributed by atoms with Gasteiger partial charge in [0.1, 0.15) is 0 Å². The minimum absolute atomic E-state index is 0.0544. The molecular formula is C16H18BrN3O.